The molecule has 0 spiro atoms. The number of nitrogens with zero attached hydrogens (tertiary/aromatic N) is 2. The van der Waals surface area contributed by atoms with Crippen LogP contribution in [0.15, 0.2) is 78.9 Å². The summed E-state index contributed by atoms with van der Waals surface area (Å²) in [4.78, 5) is 25.3. The van der Waals surface area contributed by atoms with Crippen LogP contribution in [0.4, 0.5) is 14.9 Å². The lowest BCUT2D eigenvalue weighted by molar-refractivity contribution is 0.0523. The number of aliphatic hydroxyl groups is 1. The number of hydrogen-bond donors (Lipinski definition) is 3. The molecule has 0 bridgehead atoms. The van der Waals surface area contributed by atoms with Gasteiger partial charge in [0, 0.05) is 12.2 Å². The number of carbonyl (C=O) groups excluding carboxylic acids is 2. The molecule has 2 amide bonds. The van der Waals surface area contributed by atoms with Crippen LogP contribution >= 0.6 is 0 Å². The number of hydrogen-bond acceptors (Lipinski definition) is 5. The third kappa shape index (κ3) is 7.30. The zero-order valence-corrected chi connectivity index (χ0v) is 22.2. The van der Waals surface area contributed by atoms with E-state index < -0.39 is 29.5 Å². The van der Waals surface area contributed by atoms with Gasteiger partial charge in [0.25, 0.3) is 5.91 Å². The third-order valence-corrected chi connectivity index (χ3v) is 5.66. The average Bonchev–Trinajstić information content (AvgIpc) is 3.28. The van der Waals surface area contributed by atoms with E-state index in [4.69, 9.17) is 4.74 Å². The summed E-state index contributed by atoms with van der Waals surface area (Å²) < 4.78 is 21.2. The minimum absolute atomic E-state index is 0.200. The van der Waals surface area contributed by atoms with E-state index in [2.05, 4.69) is 15.7 Å². The Kier molecular flexibility index (Phi) is 8.11. The summed E-state index contributed by atoms with van der Waals surface area (Å²) in [7, 11) is 0. The number of carbonyl (C=O) groups is 2. The lowest BCUT2D eigenvalue weighted by atomic mass is 10.0. The molecule has 39 heavy (non-hydrogen) atoms. The number of amides is 2. The molecule has 8 nitrogen and oxygen atoms in total. The predicted octanol–water partition coefficient (Wildman–Crippen LogP) is 5.68. The van der Waals surface area contributed by atoms with Crippen LogP contribution in [0.25, 0.3) is 5.69 Å². The van der Waals surface area contributed by atoms with Gasteiger partial charge in [-0.1, -0.05) is 42.5 Å². The fraction of sp³-hybridized carbons (Fsp3) is 0.233. The molecule has 0 aliphatic carbocycles. The molecule has 0 aliphatic rings. The number of anilines is 1. The molecule has 0 aliphatic heterocycles. The Bertz CT molecular complexity index is 1480. The summed E-state index contributed by atoms with van der Waals surface area (Å²) in [6.45, 7) is 7.35. The monoisotopic (exact) mass is 530 g/mol. The zero-order chi connectivity index (χ0) is 28.2. The highest BCUT2D eigenvalue weighted by atomic mass is 19.1. The van der Waals surface area contributed by atoms with E-state index in [-0.39, 0.29) is 17.9 Å². The average molecular weight is 531 g/mol. The maximum atomic E-state index is 14.5. The maximum absolute atomic E-state index is 14.5. The van der Waals surface area contributed by atoms with Gasteiger partial charge in [0.15, 0.2) is 0 Å². The molecule has 0 radical (unpaired) electrons. The Morgan fingerprint density at radius 1 is 1.00 bits per heavy atom. The second kappa shape index (κ2) is 11.5. The lowest BCUT2D eigenvalue weighted by Crippen LogP contribution is -2.32. The van der Waals surface area contributed by atoms with E-state index in [1.54, 1.807) is 76.2 Å². The Labute approximate surface area is 226 Å². The molecule has 9 heteroatoms. The van der Waals surface area contributed by atoms with E-state index in [1.807, 2.05) is 12.1 Å². The van der Waals surface area contributed by atoms with Crippen molar-refractivity contribution in [1.29, 1.82) is 0 Å². The number of aromatic nitrogens is 2. The summed E-state index contributed by atoms with van der Waals surface area (Å²) in [6, 6.07) is 21.7. The van der Waals surface area contributed by atoms with Gasteiger partial charge in [0.1, 0.15) is 23.2 Å². The summed E-state index contributed by atoms with van der Waals surface area (Å²) in [5.74, 6) is -1.09. The highest BCUT2D eigenvalue weighted by Gasteiger charge is 2.19. The number of rotatable bonds is 7. The van der Waals surface area contributed by atoms with Gasteiger partial charge in [-0.15, -0.1) is 0 Å². The van der Waals surface area contributed by atoms with Gasteiger partial charge >= 0.3 is 6.09 Å². The molecule has 1 unspecified atom stereocenters. The van der Waals surface area contributed by atoms with Crippen LogP contribution < -0.4 is 10.6 Å². The van der Waals surface area contributed by atoms with Crippen molar-refractivity contribution in [1.82, 2.24) is 15.1 Å². The standard InChI is InChI=1S/C30H31FN4O4/c1-19-13-26(35(34-19)25-12-8-9-20(14-25)18-32-29(38)39-30(2,3)4)28(37)33-24-16-22(15-23(31)17-24)27(36)21-10-6-5-7-11-21/h5-17,27,36H,18H2,1-4H3,(H,32,38)(H,33,37). The van der Waals surface area contributed by atoms with Crippen molar-refractivity contribution in [2.75, 3.05) is 5.32 Å². The molecular weight excluding hydrogens is 499 g/mol. The number of halogens is 1. The van der Waals surface area contributed by atoms with Gasteiger partial charge < -0.3 is 20.5 Å². The number of aryl methyl sites for hydroxylation is 1. The molecule has 1 heterocycles. The summed E-state index contributed by atoms with van der Waals surface area (Å²) in [5, 5.41) is 20.6. The first kappa shape index (κ1) is 27.5. The van der Waals surface area contributed by atoms with Crippen molar-refractivity contribution >= 4 is 17.7 Å². The van der Waals surface area contributed by atoms with Crippen LogP contribution in [0, 0.1) is 12.7 Å². The van der Waals surface area contributed by atoms with Gasteiger partial charge in [0.2, 0.25) is 0 Å². The lowest BCUT2D eigenvalue weighted by Gasteiger charge is -2.19. The molecule has 1 aromatic heterocycles. The second-order valence-corrected chi connectivity index (χ2v) is 10.1. The fourth-order valence-corrected chi connectivity index (χ4v) is 4.01. The molecule has 4 rings (SSSR count). The quantitative estimate of drug-likeness (QED) is 0.285. The first-order chi connectivity index (χ1) is 18.5. The number of nitrogens with one attached hydrogen (secondary N) is 2. The van der Waals surface area contributed by atoms with Crippen LogP contribution in [0.5, 0.6) is 0 Å². The number of ether oxygens (including phenoxy) is 1. The third-order valence-electron chi connectivity index (χ3n) is 5.66. The van der Waals surface area contributed by atoms with Crippen LogP contribution in [-0.2, 0) is 11.3 Å². The molecule has 0 fully saturated rings. The van der Waals surface area contributed by atoms with Crippen molar-refractivity contribution in [2.24, 2.45) is 0 Å². The minimum atomic E-state index is -1.05. The zero-order valence-electron chi connectivity index (χ0n) is 22.2. The van der Waals surface area contributed by atoms with E-state index >= 15 is 0 Å². The van der Waals surface area contributed by atoms with Crippen molar-refractivity contribution in [3.8, 4) is 5.69 Å². The Balaban J connectivity index is 1.53. The van der Waals surface area contributed by atoms with Gasteiger partial charge in [0.05, 0.1) is 11.4 Å². The van der Waals surface area contributed by atoms with Crippen molar-refractivity contribution in [2.45, 2.75) is 45.9 Å². The van der Waals surface area contributed by atoms with Crippen LogP contribution in [0.1, 0.15) is 59.7 Å². The molecule has 1 atom stereocenters. The highest BCUT2D eigenvalue weighted by Crippen LogP contribution is 2.26. The minimum Gasteiger partial charge on any atom is -0.444 e. The highest BCUT2D eigenvalue weighted by molar-refractivity contribution is 6.03. The van der Waals surface area contributed by atoms with Crippen molar-refractivity contribution < 1.29 is 23.8 Å². The Morgan fingerprint density at radius 2 is 1.74 bits per heavy atom. The van der Waals surface area contributed by atoms with E-state index in [0.29, 0.717) is 22.5 Å². The molecule has 0 saturated heterocycles. The van der Waals surface area contributed by atoms with Crippen LogP contribution in [-0.4, -0.2) is 32.5 Å². The number of alkyl carbamates (subject to hydrolysis) is 1. The smallest absolute Gasteiger partial charge is 0.407 e. The summed E-state index contributed by atoms with van der Waals surface area (Å²) >= 11 is 0. The van der Waals surface area contributed by atoms with Gasteiger partial charge in [-0.25, -0.2) is 13.9 Å². The number of benzene rings is 3. The Hall–Kier alpha value is -4.50. The molecule has 0 saturated carbocycles. The van der Waals surface area contributed by atoms with Crippen LogP contribution in [0.3, 0.4) is 0 Å². The topological polar surface area (TPSA) is 105 Å². The normalized spacial score (nSPS) is 12.1. The molecule has 3 N–H and O–H groups in total. The van der Waals surface area contributed by atoms with Crippen LogP contribution in [0.2, 0.25) is 0 Å². The predicted molar refractivity (Wildman–Crippen MR) is 146 cm³/mol. The first-order valence-electron chi connectivity index (χ1n) is 12.5. The molecular formula is C30H31FN4O4. The Morgan fingerprint density at radius 3 is 2.46 bits per heavy atom. The first-order valence-corrected chi connectivity index (χ1v) is 12.5. The maximum Gasteiger partial charge on any atom is 0.407 e. The summed E-state index contributed by atoms with van der Waals surface area (Å²) in [6.07, 6.45) is -1.59. The van der Waals surface area contributed by atoms with Gasteiger partial charge in [-0.2, -0.15) is 5.10 Å². The van der Waals surface area contributed by atoms with Gasteiger partial charge in [-0.3, -0.25) is 4.79 Å². The number of aliphatic hydroxyl groups excluding tert-OH is 1. The van der Waals surface area contributed by atoms with E-state index in [9.17, 15) is 19.1 Å². The molecule has 4 aromatic rings. The fourth-order valence-electron chi connectivity index (χ4n) is 4.01. The summed E-state index contributed by atoms with van der Waals surface area (Å²) in [5.41, 5.74) is 2.74. The molecule has 3 aromatic carbocycles. The largest absolute Gasteiger partial charge is 0.444 e. The van der Waals surface area contributed by atoms with E-state index in [1.165, 1.54) is 22.9 Å². The van der Waals surface area contributed by atoms with E-state index in [0.717, 1.165) is 5.56 Å². The second-order valence-electron chi connectivity index (χ2n) is 10.1. The van der Waals surface area contributed by atoms with Crippen molar-refractivity contribution in [3.63, 3.8) is 0 Å². The van der Waals surface area contributed by atoms with Gasteiger partial charge in [-0.05, 0) is 80.8 Å². The van der Waals surface area contributed by atoms with Crippen molar-refractivity contribution in [3.05, 3.63) is 113 Å². The molecule has 202 valence electrons. The SMILES string of the molecule is Cc1cc(C(=O)Nc2cc(F)cc(C(O)c3ccccc3)c2)n(-c2cccc(CNC(=O)OC(C)(C)C)c2)n1.